The van der Waals surface area contributed by atoms with E-state index >= 15 is 0 Å². The van der Waals surface area contributed by atoms with Gasteiger partial charge in [0.2, 0.25) is 0 Å². The number of ether oxygens (including phenoxy) is 1. The van der Waals surface area contributed by atoms with E-state index in [1.54, 1.807) is 0 Å². The van der Waals surface area contributed by atoms with Crippen molar-refractivity contribution in [1.29, 1.82) is 0 Å². The van der Waals surface area contributed by atoms with E-state index in [0.717, 1.165) is 25.3 Å². The molecule has 1 fully saturated rings. The highest BCUT2D eigenvalue weighted by Crippen LogP contribution is 2.22. The topological polar surface area (TPSA) is 55.4 Å². The lowest BCUT2D eigenvalue weighted by Crippen LogP contribution is -2.24. The van der Waals surface area contributed by atoms with E-state index in [4.69, 9.17) is 4.74 Å². The van der Waals surface area contributed by atoms with Crippen LogP contribution in [0.4, 0.5) is 4.39 Å². The third kappa shape index (κ3) is 3.07. The molecule has 0 aliphatic carbocycles. The van der Waals surface area contributed by atoms with Gasteiger partial charge in [-0.25, -0.2) is 12.8 Å². The van der Waals surface area contributed by atoms with Gasteiger partial charge >= 0.3 is 0 Å². The Hall–Kier alpha value is -0.980. The molecule has 1 atom stereocenters. The summed E-state index contributed by atoms with van der Waals surface area (Å²) in [5.74, 6) is -0.513. The zero-order chi connectivity index (χ0) is 13.2. The molecule has 0 spiro atoms. The van der Waals surface area contributed by atoms with Crippen LogP contribution in [0.25, 0.3) is 0 Å². The summed E-state index contributed by atoms with van der Waals surface area (Å²) in [6.07, 6.45) is 1.95. The van der Waals surface area contributed by atoms with Gasteiger partial charge in [0.05, 0.1) is 17.5 Å². The second-order valence-electron chi connectivity index (χ2n) is 4.39. The number of hydrogen-bond donors (Lipinski definition) is 1. The third-order valence-corrected chi connectivity index (χ3v) is 4.03. The third-order valence-electron chi connectivity index (χ3n) is 2.92. The molecule has 1 aromatic carbocycles. The molecule has 1 N–H and O–H groups in total. The second-order valence-corrected chi connectivity index (χ2v) is 6.41. The summed E-state index contributed by atoms with van der Waals surface area (Å²) in [5, 5.41) is 3.18. The van der Waals surface area contributed by atoms with Crippen LogP contribution in [-0.2, 0) is 14.6 Å². The summed E-state index contributed by atoms with van der Waals surface area (Å²) < 4.78 is 41.9. The highest BCUT2D eigenvalue weighted by Gasteiger charge is 2.19. The summed E-state index contributed by atoms with van der Waals surface area (Å²) in [6, 6.07) is 3.79. The second kappa shape index (κ2) is 5.34. The van der Waals surface area contributed by atoms with Gasteiger partial charge in [-0.3, -0.25) is 0 Å². The quantitative estimate of drug-likeness (QED) is 0.882. The minimum Gasteiger partial charge on any atom is -0.379 e. The number of nitrogens with one attached hydrogen (secondary N) is 1. The predicted octanol–water partition coefficient (Wildman–Crippen LogP) is 1.28. The number of sulfone groups is 1. The Labute approximate surface area is 106 Å². The Morgan fingerprint density at radius 3 is 2.89 bits per heavy atom. The highest BCUT2D eigenvalue weighted by molar-refractivity contribution is 7.90. The zero-order valence-electron chi connectivity index (χ0n) is 10.1. The smallest absolute Gasteiger partial charge is 0.175 e. The van der Waals surface area contributed by atoms with E-state index in [0.29, 0.717) is 18.8 Å². The summed E-state index contributed by atoms with van der Waals surface area (Å²) >= 11 is 0. The number of rotatable bonds is 2. The van der Waals surface area contributed by atoms with Gasteiger partial charge in [-0.15, -0.1) is 0 Å². The molecule has 0 saturated carbocycles. The molecule has 4 nitrogen and oxygen atoms in total. The number of hydrogen-bond acceptors (Lipinski definition) is 4. The minimum absolute atomic E-state index is 0.00158. The van der Waals surface area contributed by atoms with Gasteiger partial charge in [0.1, 0.15) is 5.82 Å². The fraction of sp³-hybridized carbons (Fsp3) is 0.500. The van der Waals surface area contributed by atoms with E-state index < -0.39 is 15.7 Å². The molecular formula is C12H16FNO3S. The van der Waals surface area contributed by atoms with Gasteiger partial charge < -0.3 is 10.1 Å². The monoisotopic (exact) mass is 273 g/mol. The first kappa shape index (κ1) is 13.5. The first-order valence-corrected chi connectivity index (χ1v) is 7.68. The SMILES string of the molecule is CS(=O)(=O)c1ccc([C@@H]2COCCCN2)c(F)c1. The molecule has 2 rings (SSSR count). The maximum atomic E-state index is 13.9. The van der Waals surface area contributed by atoms with Crippen LogP contribution in [0.1, 0.15) is 18.0 Å². The molecule has 0 bridgehead atoms. The van der Waals surface area contributed by atoms with Crippen molar-refractivity contribution in [2.24, 2.45) is 0 Å². The summed E-state index contributed by atoms with van der Waals surface area (Å²) in [4.78, 5) is -0.00158. The van der Waals surface area contributed by atoms with Crippen molar-refractivity contribution in [2.45, 2.75) is 17.4 Å². The molecule has 6 heteroatoms. The molecule has 0 radical (unpaired) electrons. The average Bonchev–Trinajstić information content (AvgIpc) is 2.56. The normalized spacial score (nSPS) is 21.6. The first-order chi connectivity index (χ1) is 8.48. The summed E-state index contributed by atoms with van der Waals surface area (Å²) in [6.45, 7) is 1.82. The van der Waals surface area contributed by atoms with Crippen molar-refractivity contribution in [3.05, 3.63) is 29.6 Å². The highest BCUT2D eigenvalue weighted by atomic mass is 32.2. The predicted molar refractivity (Wildman–Crippen MR) is 65.7 cm³/mol. The molecule has 1 heterocycles. The van der Waals surface area contributed by atoms with Crippen molar-refractivity contribution in [3.8, 4) is 0 Å². The van der Waals surface area contributed by atoms with Crippen molar-refractivity contribution >= 4 is 9.84 Å². The lowest BCUT2D eigenvalue weighted by molar-refractivity contribution is 0.130. The summed E-state index contributed by atoms with van der Waals surface area (Å²) in [5.41, 5.74) is 0.448. The molecule has 18 heavy (non-hydrogen) atoms. The van der Waals surface area contributed by atoms with Crippen LogP contribution in [0.3, 0.4) is 0 Å². The van der Waals surface area contributed by atoms with Gasteiger partial charge in [0.25, 0.3) is 0 Å². The van der Waals surface area contributed by atoms with Crippen LogP contribution in [0.2, 0.25) is 0 Å². The Bertz CT molecular complexity index is 522. The molecule has 1 saturated heterocycles. The minimum atomic E-state index is -3.37. The molecule has 100 valence electrons. The van der Waals surface area contributed by atoms with E-state index in [1.807, 2.05) is 0 Å². The van der Waals surface area contributed by atoms with Gasteiger partial charge in [0, 0.05) is 18.4 Å². The molecule has 1 aliphatic heterocycles. The Morgan fingerprint density at radius 1 is 1.44 bits per heavy atom. The average molecular weight is 273 g/mol. The Morgan fingerprint density at radius 2 is 2.22 bits per heavy atom. The molecule has 1 aliphatic rings. The maximum absolute atomic E-state index is 13.9. The number of halogens is 1. The molecule has 1 aromatic rings. The van der Waals surface area contributed by atoms with Gasteiger partial charge in [-0.1, -0.05) is 6.07 Å². The lowest BCUT2D eigenvalue weighted by Gasteiger charge is -2.16. The van der Waals surface area contributed by atoms with E-state index in [-0.39, 0.29) is 10.9 Å². The van der Waals surface area contributed by atoms with Crippen LogP contribution in [0, 0.1) is 5.82 Å². The fourth-order valence-electron chi connectivity index (χ4n) is 1.93. The van der Waals surface area contributed by atoms with Crippen molar-refractivity contribution < 1.29 is 17.5 Å². The maximum Gasteiger partial charge on any atom is 0.175 e. The molecule has 0 unspecified atom stereocenters. The zero-order valence-corrected chi connectivity index (χ0v) is 11.0. The first-order valence-electron chi connectivity index (χ1n) is 5.79. The number of benzene rings is 1. The lowest BCUT2D eigenvalue weighted by atomic mass is 10.1. The van der Waals surface area contributed by atoms with Crippen LogP contribution >= 0.6 is 0 Å². The molecule has 0 amide bonds. The molecular weight excluding hydrogens is 257 g/mol. The van der Waals surface area contributed by atoms with Crippen molar-refractivity contribution in [1.82, 2.24) is 5.32 Å². The van der Waals surface area contributed by atoms with Crippen molar-refractivity contribution in [2.75, 3.05) is 26.0 Å². The van der Waals surface area contributed by atoms with Crippen LogP contribution in [0.5, 0.6) is 0 Å². The Kier molecular flexibility index (Phi) is 3.99. The fourth-order valence-corrected chi connectivity index (χ4v) is 2.56. The summed E-state index contributed by atoms with van der Waals surface area (Å²) in [7, 11) is -3.37. The van der Waals surface area contributed by atoms with Crippen molar-refractivity contribution in [3.63, 3.8) is 0 Å². The molecule has 0 aromatic heterocycles. The Balaban J connectivity index is 2.29. The van der Waals surface area contributed by atoms with Crippen LogP contribution in [-0.4, -0.2) is 34.4 Å². The van der Waals surface area contributed by atoms with Gasteiger partial charge in [-0.2, -0.15) is 0 Å². The largest absolute Gasteiger partial charge is 0.379 e. The van der Waals surface area contributed by atoms with Crippen LogP contribution in [0.15, 0.2) is 23.1 Å². The standard InChI is InChI=1S/C12H16FNO3S/c1-18(15,16)9-3-4-10(11(13)7-9)12-8-17-6-2-5-14-12/h3-4,7,12,14H,2,5-6,8H2,1H3/t12-/m0/s1. The van der Waals surface area contributed by atoms with E-state index in [1.165, 1.54) is 12.1 Å². The van der Waals surface area contributed by atoms with E-state index in [9.17, 15) is 12.8 Å². The van der Waals surface area contributed by atoms with Gasteiger partial charge in [0.15, 0.2) is 9.84 Å². The van der Waals surface area contributed by atoms with Crippen LogP contribution < -0.4 is 5.32 Å². The van der Waals surface area contributed by atoms with Gasteiger partial charge in [-0.05, 0) is 25.1 Å². The van der Waals surface area contributed by atoms with E-state index in [2.05, 4.69) is 5.32 Å².